The fourth-order valence-electron chi connectivity index (χ4n) is 1.33. The number of hydrogen-bond acceptors (Lipinski definition) is 1. The van der Waals surface area contributed by atoms with Crippen LogP contribution in [0.3, 0.4) is 0 Å². The molecule has 1 aromatic rings. The first-order chi connectivity index (χ1) is 4.88. The Kier molecular flexibility index (Phi) is 1.22. The lowest BCUT2D eigenvalue weighted by Crippen LogP contribution is -3.00. The summed E-state index contributed by atoms with van der Waals surface area (Å²) in [5, 5.41) is 11.3. The number of hydrogen-bond donors (Lipinski definition) is 1. The Hall–Kier alpha value is -0.860. The van der Waals surface area contributed by atoms with E-state index >= 15 is 0 Å². The van der Waals surface area contributed by atoms with Gasteiger partial charge in [0.1, 0.15) is 5.69 Å². The van der Waals surface area contributed by atoms with Crippen LogP contribution in [0.4, 0.5) is 5.69 Å². The molecule has 2 nitrogen and oxygen atoms in total. The zero-order chi connectivity index (χ0) is 6.97. The predicted molar refractivity (Wildman–Crippen MR) is 37.8 cm³/mol. The maximum absolute atomic E-state index is 11.1. The summed E-state index contributed by atoms with van der Waals surface area (Å²) < 4.78 is 0. The van der Waals surface area contributed by atoms with E-state index < -0.39 is 0 Å². The molecule has 1 aromatic carbocycles. The minimum absolute atomic E-state index is 0.281. The van der Waals surface area contributed by atoms with Crippen molar-refractivity contribution < 1.29 is 5.06 Å². The van der Waals surface area contributed by atoms with Gasteiger partial charge < -0.3 is 10.3 Å². The van der Waals surface area contributed by atoms with Gasteiger partial charge in [-0.15, -0.1) is 0 Å². The number of nitrogens with one attached hydrogen (secondary N) is 1. The van der Waals surface area contributed by atoms with Crippen molar-refractivity contribution in [1.82, 2.24) is 0 Å². The molecule has 0 aromatic heterocycles. The van der Waals surface area contributed by atoms with Gasteiger partial charge in [-0.1, -0.05) is 0 Å². The number of benzene rings is 1. The van der Waals surface area contributed by atoms with Gasteiger partial charge in [0.15, 0.2) is 0 Å². The third kappa shape index (κ3) is 0.735. The second kappa shape index (κ2) is 2.08. The topological polar surface area (TPSA) is 27.5 Å². The predicted octanol–water partition coefficient (Wildman–Crippen LogP) is 0.0571. The average molecular weight is 134 g/mol. The molecule has 10 heavy (non-hydrogen) atoms. The molecule has 0 spiro atoms. The molecule has 0 aliphatic carbocycles. The molecule has 2 heteroatoms. The van der Waals surface area contributed by atoms with Crippen LogP contribution in [0, 0.1) is 11.3 Å². The van der Waals surface area contributed by atoms with Gasteiger partial charge >= 0.3 is 0 Å². The molecule has 51 valence electrons. The number of rotatable bonds is 0. The average Bonchev–Trinajstić information content (AvgIpc) is 2.34. The molecule has 1 radical (unpaired) electrons. The zero-order valence-electron chi connectivity index (χ0n) is 5.55. The van der Waals surface area contributed by atoms with Crippen molar-refractivity contribution in [2.45, 2.75) is 6.42 Å². The van der Waals surface area contributed by atoms with Crippen LogP contribution in [0.25, 0.3) is 0 Å². The van der Waals surface area contributed by atoms with E-state index in [-0.39, 0.29) is 5.06 Å². The minimum atomic E-state index is 0.281. The molecule has 0 bridgehead atoms. The number of fused-ring (bicyclic) bond motifs is 1. The monoisotopic (exact) mass is 134 g/mol. The van der Waals surface area contributed by atoms with Crippen LogP contribution in [0.2, 0.25) is 0 Å². The van der Waals surface area contributed by atoms with Crippen molar-refractivity contribution >= 4 is 5.69 Å². The summed E-state index contributed by atoms with van der Waals surface area (Å²) in [5.41, 5.74) is 2.06. The first-order valence-electron chi connectivity index (χ1n) is 3.40. The summed E-state index contributed by atoms with van der Waals surface area (Å²) in [5.74, 6) is 0. The Morgan fingerprint density at radius 1 is 1.60 bits per heavy atom. The fraction of sp³-hybridized carbons (Fsp3) is 0.250. The van der Waals surface area contributed by atoms with Crippen LogP contribution in [0.15, 0.2) is 18.2 Å². The maximum atomic E-state index is 11.1. The molecule has 1 N–H and O–H groups in total. The highest BCUT2D eigenvalue weighted by Crippen LogP contribution is 2.13. The number of hydroxylamine groups is 1. The third-order valence-electron chi connectivity index (χ3n) is 1.87. The van der Waals surface area contributed by atoms with Crippen molar-refractivity contribution in [2.24, 2.45) is 0 Å². The van der Waals surface area contributed by atoms with Crippen LogP contribution >= 0.6 is 0 Å². The Labute approximate surface area is 59.7 Å². The van der Waals surface area contributed by atoms with Gasteiger partial charge in [0, 0.05) is 18.1 Å². The van der Waals surface area contributed by atoms with E-state index in [9.17, 15) is 5.21 Å². The van der Waals surface area contributed by atoms with E-state index in [0.717, 1.165) is 17.7 Å². The lowest BCUT2D eigenvalue weighted by Gasteiger charge is -2.14. The van der Waals surface area contributed by atoms with Gasteiger partial charge in [-0.2, -0.15) is 0 Å². The molecule has 0 saturated carbocycles. The van der Waals surface area contributed by atoms with Crippen LogP contribution in [0.5, 0.6) is 0 Å². The second-order valence-corrected chi connectivity index (χ2v) is 2.51. The summed E-state index contributed by atoms with van der Waals surface area (Å²) in [6.45, 7) is 0.688. The standard InChI is InChI=1S/C8H8NO/c10-9-6-5-7-3-1-2-4-8(7)9/h2-4,9H,5-6H2. The van der Waals surface area contributed by atoms with E-state index in [2.05, 4.69) is 6.07 Å². The van der Waals surface area contributed by atoms with E-state index in [1.165, 1.54) is 0 Å². The molecular weight excluding hydrogens is 126 g/mol. The Bertz CT molecular complexity index is 247. The molecule has 1 unspecified atom stereocenters. The minimum Gasteiger partial charge on any atom is -0.629 e. The van der Waals surface area contributed by atoms with E-state index in [1.54, 1.807) is 6.07 Å². The molecule has 2 rings (SSSR count). The summed E-state index contributed by atoms with van der Waals surface area (Å²) >= 11 is 0. The van der Waals surface area contributed by atoms with Crippen molar-refractivity contribution in [3.63, 3.8) is 0 Å². The van der Waals surface area contributed by atoms with Gasteiger partial charge in [0.2, 0.25) is 0 Å². The Morgan fingerprint density at radius 3 is 3.30 bits per heavy atom. The molecule has 1 heterocycles. The molecule has 0 amide bonds. The fourth-order valence-corrected chi connectivity index (χ4v) is 1.33. The Balaban J connectivity index is 2.51. The maximum Gasteiger partial charge on any atom is 0.134 e. The highest BCUT2D eigenvalue weighted by Gasteiger charge is 2.16. The first kappa shape index (κ1) is 5.89. The highest BCUT2D eigenvalue weighted by atomic mass is 16.5. The molecule has 1 atom stereocenters. The van der Waals surface area contributed by atoms with E-state index in [1.807, 2.05) is 12.1 Å². The molecular formula is C8H8NO. The third-order valence-corrected chi connectivity index (χ3v) is 1.87. The van der Waals surface area contributed by atoms with Gasteiger partial charge in [-0.25, -0.2) is 0 Å². The van der Waals surface area contributed by atoms with Crippen molar-refractivity contribution in [2.75, 3.05) is 6.54 Å². The van der Waals surface area contributed by atoms with Crippen molar-refractivity contribution in [3.8, 4) is 0 Å². The summed E-state index contributed by atoms with van der Waals surface area (Å²) in [6.07, 6.45) is 0.908. The summed E-state index contributed by atoms with van der Waals surface area (Å²) in [6, 6.07) is 8.51. The van der Waals surface area contributed by atoms with Crippen molar-refractivity contribution in [3.05, 3.63) is 35.0 Å². The van der Waals surface area contributed by atoms with E-state index in [0.29, 0.717) is 6.54 Å². The van der Waals surface area contributed by atoms with Crippen molar-refractivity contribution in [1.29, 1.82) is 0 Å². The number of quaternary nitrogens is 1. The lowest BCUT2D eigenvalue weighted by molar-refractivity contribution is -0.768. The largest absolute Gasteiger partial charge is 0.629 e. The van der Waals surface area contributed by atoms with Gasteiger partial charge in [0.25, 0.3) is 0 Å². The highest BCUT2D eigenvalue weighted by molar-refractivity contribution is 5.41. The Morgan fingerprint density at radius 2 is 2.50 bits per heavy atom. The molecule has 1 aliphatic heterocycles. The van der Waals surface area contributed by atoms with Crippen LogP contribution in [0.1, 0.15) is 5.56 Å². The quantitative estimate of drug-likeness (QED) is 0.499. The zero-order valence-corrected chi connectivity index (χ0v) is 5.55. The van der Waals surface area contributed by atoms with Gasteiger partial charge in [0.05, 0.1) is 6.54 Å². The smallest absolute Gasteiger partial charge is 0.134 e. The van der Waals surface area contributed by atoms with Crippen LogP contribution in [-0.2, 0) is 6.42 Å². The SMILES string of the molecule is [O-][NH+]1CCc2c[c]ccc21. The molecule has 1 aliphatic rings. The normalized spacial score (nSPS) is 22.7. The summed E-state index contributed by atoms with van der Waals surface area (Å²) in [4.78, 5) is 0. The van der Waals surface area contributed by atoms with Gasteiger partial charge in [-0.05, 0) is 18.2 Å². The summed E-state index contributed by atoms with van der Waals surface area (Å²) in [7, 11) is 0. The van der Waals surface area contributed by atoms with Crippen LogP contribution < -0.4 is 5.06 Å². The first-order valence-corrected chi connectivity index (χ1v) is 3.40. The van der Waals surface area contributed by atoms with Crippen LogP contribution in [-0.4, -0.2) is 6.54 Å². The van der Waals surface area contributed by atoms with E-state index in [4.69, 9.17) is 0 Å². The second-order valence-electron chi connectivity index (χ2n) is 2.51. The van der Waals surface area contributed by atoms with Gasteiger partial charge in [-0.3, -0.25) is 0 Å². The molecule has 0 saturated heterocycles. The lowest BCUT2D eigenvalue weighted by atomic mass is 10.2. The molecule has 0 fully saturated rings.